The minimum atomic E-state index is -0.275. The third kappa shape index (κ3) is 2.60. The topological polar surface area (TPSA) is 61.8 Å². The van der Waals surface area contributed by atoms with Gasteiger partial charge in [-0.05, 0) is 30.3 Å². The molecule has 1 aromatic rings. The summed E-state index contributed by atoms with van der Waals surface area (Å²) in [6, 6.07) is 9.17. The highest BCUT2D eigenvalue weighted by atomic mass is 32.2. The number of carbonyl (C=O) groups excluding carboxylic acids is 2. The van der Waals surface area contributed by atoms with Gasteiger partial charge in [-0.1, -0.05) is 18.2 Å². The zero-order valence-corrected chi connectivity index (χ0v) is 11.5. The molecule has 0 saturated heterocycles. The minimum Gasteiger partial charge on any atom is -0.322 e. The van der Waals surface area contributed by atoms with Gasteiger partial charge in [0.2, 0.25) is 0 Å². The van der Waals surface area contributed by atoms with Crippen molar-refractivity contribution in [1.29, 1.82) is 0 Å². The summed E-state index contributed by atoms with van der Waals surface area (Å²) >= 11 is 1.25. The van der Waals surface area contributed by atoms with Crippen LogP contribution in [-0.4, -0.2) is 35.0 Å². The number of hydrogen-bond donors (Lipinski definition) is 1. The number of carbonyl (C=O) groups is 2. The molecule has 0 fully saturated rings. The van der Waals surface area contributed by atoms with Gasteiger partial charge in [-0.25, -0.2) is 0 Å². The van der Waals surface area contributed by atoms with Crippen molar-refractivity contribution >= 4 is 34.4 Å². The van der Waals surface area contributed by atoms with Crippen LogP contribution in [0.2, 0.25) is 0 Å². The number of amidine groups is 1. The second-order valence-corrected chi connectivity index (χ2v) is 5.45. The van der Waals surface area contributed by atoms with Gasteiger partial charge in [0, 0.05) is 24.9 Å². The molecule has 0 saturated carbocycles. The average molecular weight is 287 g/mol. The van der Waals surface area contributed by atoms with Crippen molar-refractivity contribution in [2.45, 2.75) is 6.42 Å². The molecule has 0 radical (unpaired) electrons. The molecule has 0 aliphatic carbocycles. The summed E-state index contributed by atoms with van der Waals surface area (Å²) in [6.45, 7) is 1.38. The largest absolute Gasteiger partial charge is 0.322 e. The summed E-state index contributed by atoms with van der Waals surface area (Å²) in [5, 5.41) is 3.40. The molecule has 1 aromatic carbocycles. The van der Waals surface area contributed by atoms with Crippen LogP contribution < -0.4 is 5.32 Å². The molecule has 2 amide bonds. The van der Waals surface area contributed by atoms with E-state index in [1.54, 1.807) is 17.0 Å². The number of thioether (sulfide) groups is 1. The molecule has 0 bridgehead atoms. The van der Waals surface area contributed by atoms with Crippen LogP contribution in [0.25, 0.3) is 0 Å². The molecule has 0 atom stereocenters. The maximum absolute atomic E-state index is 12.2. The second-order valence-electron chi connectivity index (χ2n) is 4.44. The number of amides is 2. The van der Waals surface area contributed by atoms with E-state index in [-0.39, 0.29) is 11.8 Å². The predicted molar refractivity (Wildman–Crippen MR) is 79.4 cm³/mol. The molecule has 0 aromatic heterocycles. The van der Waals surface area contributed by atoms with E-state index < -0.39 is 0 Å². The van der Waals surface area contributed by atoms with E-state index in [1.807, 2.05) is 18.2 Å². The molecule has 5 nitrogen and oxygen atoms in total. The van der Waals surface area contributed by atoms with Crippen LogP contribution in [0.3, 0.4) is 0 Å². The Balaban J connectivity index is 1.77. The number of aliphatic imine (C=N–C) groups is 1. The quantitative estimate of drug-likeness (QED) is 0.903. The molecule has 0 spiro atoms. The number of para-hydroxylation sites is 1. The van der Waals surface area contributed by atoms with E-state index in [0.29, 0.717) is 28.8 Å². The average Bonchev–Trinajstić information content (AvgIpc) is 2.48. The third-order valence-electron chi connectivity index (χ3n) is 3.00. The van der Waals surface area contributed by atoms with E-state index in [9.17, 15) is 9.59 Å². The van der Waals surface area contributed by atoms with Crippen LogP contribution in [0.15, 0.2) is 46.3 Å². The first kappa shape index (κ1) is 12.9. The minimum absolute atomic E-state index is 0.166. The zero-order chi connectivity index (χ0) is 13.9. The maximum atomic E-state index is 12.2. The number of nitrogens with one attached hydrogen (secondary N) is 1. The van der Waals surface area contributed by atoms with Gasteiger partial charge in [0.25, 0.3) is 11.8 Å². The first-order valence-corrected chi connectivity index (χ1v) is 7.17. The van der Waals surface area contributed by atoms with E-state index >= 15 is 0 Å². The number of fused-ring (bicyclic) bond motifs is 1. The molecule has 102 valence electrons. The van der Waals surface area contributed by atoms with Gasteiger partial charge in [-0.15, -0.1) is 0 Å². The van der Waals surface area contributed by atoms with Gasteiger partial charge in [-0.2, -0.15) is 0 Å². The van der Waals surface area contributed by atoms with Crippen LogP contribution >= 0.6 is 11.8 Å². The van der Waals surface area contributed by atoms with Gasteiger partial charge in [0.15, 0.2) is 5.17 Å². The first-order chi connectivity index (χ1) is 9.74. The Morgan fingerprint density at radius 2 is 2.10 bits per heavy atom. The van der Waals surface area contributed by atoms with Crippen LogP contribution in [0.4, 0.5) is 5.69 Å². The van der Waals surface area contributed by atoms with E-state index in [4.69, 9.17) is 0 Å². The summed E-state index contributed by atoms with van der Waals surface area (Å²) in [5.74, 6) is -0.442. The molecule has 3 rings (SSSR count). The fourth-order valence-corrected chi connectivity index (χ4v) is 2.97. The Labute approximate surface area is 120 Å². The highest BCUT2D eigenvalue weighted by Gasteiger charge is 2.30. The lowest BCUT2D eigenvalue weighted by Gasteiger charge is -2.29. The van der Waals surface area contributed by atoms with Crippen LogP contribution in [0.5, 0.6) is 0 Å². The number of anilines is 1. The van der Waals surface area contributed by atoms with Crippen molar-refractivity contribution in [1.82, 2.24) is 4.90 Å². The van der Waals surface area contributed by atoms with Crippen molar-refractivity contribution in [3.8, 4) is 0 Å². The lowest BCUT2D eigenvalue weighted by atomic mass is 10.3. The second kappa shape index (κ2) is 5.50. The van der Waals surface area contributed by atoms with Gasteiger partial charge >= 0.3 is 0 Å². The van der Waals surface area contributed by atoms with E-state index in [0.717, 1.165) is 6.42 Å². The lowest BCUT2D eigenvalue weighted by Crippen LogP contribution is -2.41. The number of nitrogens with zero attached hydrogens (tertiary/aromatic N) is 2. The highest BCUT2D eigenvalue weighted by Crippen LogP contribution is 2.28. The zero-order valence-electron chi connectivity index (χ0n) is 10.7. The van der Waals surface area contributed by atoms with Crippen LogP contribution in [0.1, 0.15) is 6.42 Å². The summed E-state index contributed by atoms with van der Waals surface area (Å²) in [4.78, 5) is 30.4. The Morgan fingerprint density at radius 1 is 1.30 bits per heavy atom. The molecule has 6 heteroatoms. The van der Waals surface area contributed by atoms with Gasteiger partial charge in [-0.3, -0.25) is 19.5 Å². The molecule has 0 unspecified atom stereocenters. The molecule has 2 heterocycles. The SMILES string of the molecule is O=C(Nc1ccccc1)C1=CC(=O)N2CCCN=C2S1. The molecule has 20 heavy (non-hydrogen) atoms. The smallest absolute Gasteiger partial charge is 0.262 e. The summed E-state index contributed by atoms with van der Waals surface area (Å²) in [6.07, 6.45) is 2.25. The van der Waals surface area contributed by atoms with Gasteiger partial charge < -0.3 is 5.32 Å². The number of benzene rings is 1. The summed E-state index contributed by atoms with van der Waals surface area (Å²) in [5.41, 5.74) is 0.708. The Bertz CT molecular complexity index is 610. The summed E-state index contributed by atoms with van der Waals surface area (Å²) in [7, 11) is 0. The molecule has 1 N–H and O–H groups in total. The van der Waals surface area contributed by atoms with Crippen molar-refractivity contribution in [3.05, 3.63) is 41.3 Å². The van der Waals surface area contributed by atoms with E-state index in [1.165, 1.54) is 17.8 Å². The van der Waals surface area contributed by atoms with E-state index in [2.05, 4.69) is 10.3 Å². The predicted octanol–water partition coefficient (Wildman–Crippen LogP) is 1.84. The standard InChI is InChI=1S/C14H13N3O2S/c18-12-9-11(20-14-15-7-4-8-17(12)14)13(19)16-10-5-2-1-3-6-10/h1-3,5-6,9H,4,7-8H2,(H,16,19). The fraction of sp³-hybridized carbons (Fsp3) is 0.214. The fourth-order valence-electron chi connectivity index (χ4n) is 2.02. The van der Waals surface area contributed by atoms with Crippen molar-refractivity contribution in [3.63, 3.8) is 0 Å². The third-order valence-corrected chi connectivity index (χ3v) is 4.05. The van der Waals surface area contributed by atoms with Crippen molar-refractivity contribution < 1.29 is 9.59 Å². The van der Waals surface area contributed by atoms with Gasteiger partial charge in [0.05, 0.1) is 4.91 Å². The Morgan fingerprint density at radius 3 is 2.90 bits per heavy atom. The first-order valence-electron chi connectivity index (χ1n) is 6.36. The normalized spacial score (nSPS) is 18.0. The maximum Gasteiger partial charge on any atom is 0.262 e. The molecular formula is C14H13N3O2S. The Hall–Kier alpha value is -2.08. The van der Waals surface area contributed by atoms with Crippen molar-refractivity contribution in [2.75, 3.05) is 18.4 Å². The molecular weight excluding hydrogens is 274 g/mol. The highest BCUT2D eigenvalue weighted by molar-refractivity contribution is 8.18. The monoisotopic (exact) mass is 287 g/mol. The molecule has 2 aliphatic heterocycles. The lowest BCUT2D eigenvalue weighted by molar-refractivity contribution is -0.123. The Kier molecular flexibility index (Phi) is 3.56. The van der Waals surface area contributed by atoms with Crippen LogP contribution in [-0.2, 0) is 9.59 Å². The molecule has 2 aliphatic rings. The number of hydrogen-bond acceptors (Lipinski definition) is 4. The van der Waals surface area contributed by atoms with Crippen LogP contribution in [0, 0.1) is 0 Å². The number of rotatable bonds is 2. The van der Waals surface area contributed by atoms with Crippen molar-refractivity contribution in [2.24, 2.45) is 4.99 Å². The van der Waals surface area contributed by atoms with Gasteiger partial charge in [0.1, 0.15) is 0 Å². The summed E-state index contributed by atoms with van der Waals surface area (Å²) < 4.78 is 0.